The Labute approximate surface area is 198 Å². The van der Waals surface area contributed by atoms with Gasteiger partial charge in [0.25, 0.3) is 10.0 Å². The summed E-state index contributed by atoms with van der Waals surface area (Å²) < 4.78 is 28.9. The van der Waals surface area contributed by atoms with Crippen molar-refractivity contribution >= 4 is 44.6 Å². The molecule has 2 aliphatic rings. The largest absolute Gasteiger partial charge is 0.378 e. The van der Waals surface area contributed by atoms with E-state index in [-0.39, 0.29) is 22.8 Å². The van der Waals surface area contributed by atoms with Gasteiger partial charge in [0.15, 0.2) is 0 Å². The van der Waals surface area contributed by atoms with Crippen molar-refractivity contribution in [1.29, 1.82) is 0 Å². The summed E-state index contributed by atoms with van der Waals surface area (Å²) in [4.78, 5) is 0.243. The minimum absolute atomic E-state index is 0.0587. The normalized spacial score (nSPS) is 21.5. The predicted octanol–water partition coefficient (Wildman–Crippen LogP) is 6.93. The fourth-order valence-corrected chi connectivity index (χ4v) is 6.47. The minimum Gasteiger partial charge on any atom is -0.378 e. The van der Waals surface area contributed by atoms with Crippen LogP contribution in [-0.2, 0) is 10.0 Å². The van der Waals surface area contributed by atoms with Gasteiger partial charge in [0.1, 0.15) is 0 Å². The summed E-state index contributed by atoms with van der Waals surface area (Å²) in [6.07, 6.45) is 5.17. The molecule has 7 heteroatoms. The highest BCUT2D eigenvalue weighted by Crippen LogP contribution is 2.52. The molecule has 3 atom stereocenters. The zero-order chi connectivity index (χ0) is 22.5. The smallest absolute Gasteiger partial charge is 0.261 e. The van der Waals surface area contributed by atoms with E-state index in [1.165, 1.54) is 0 Å². The van der Waals surface area contributed by atoms with Gasteiger partial charge in [0.2, 0.25) is 0 Å². The molecule has 0 fully saturated rings. The van der Waals surface area contributed by atoms with Crippen molar-refractivity contribution in [3.05, 3.63) is 99.6 Å². The van der Waals surface area contributed by atoms with Crippen LogP contribution in [0.4, 0.5) is 11.4 Å². The number of anilines is 2. The SMILES string of the molecule is Cc1cccc(NS(=O)(=O)c2ccc3c(c2)[C@H]2C=CC[C@H]2[C@@H](c2c(Cl)cccc2Cl)N3)c1. The fourth-order valence-electron chi connectivity index (χ4n) is 4.76. The predicted molar refractivity (Wildman–Crippen MR) is 131 cm³/mol. The number of nitrogens with one attached hydrogen (secondary N) is 2. The van der Waals surface area contributed by atoms with E-state index >= 15 is 0 Å². The first-order valence-corrected chi connectivity index (χ1v) is 12.7. The topological polar surface area (TPSA) is 58.2 Å². The molecule has 4 nitrogen and oxygen atoms in total. The molecule has 0 spiro atoms. The summed E-state index contributed by atoms with van der Waals surface area (Å²) in [5, 5.41) is 4.84. The number of hydrogen-bond donors (Lipinski definition) is 2. The van der Waals surface area contributed by atoms with E-state index in [1.54, 1.807) is 18.2 Å². The van der Waals surface area contributed by atoms with Gasteiger partial charge in [-0.25, -0.2) is 8.42 Å². The lowest BCUT2D eigenvalue weighted by molar-refractivity contribution is 0.425. The van der Waals surface area contributed by atoms with Crippen LogP contribution in [0.3, 0.4) is 0 Å². The zero-order valence-electron chi connectivity index (χ0n) is 17.3. The highest BCUT2D eigenvalue weighted by atomic mass is 35.5. The molecular formula is C25H22Cl2N2O2S. The van der Waals surface area contributed by atoms with E-state index in [9.17, 15) is 8.42 Å². The number of allylic oxidation sites excluding steroid dienone is 2. The molecule has 3 aromatic carbocycles. The number of hydrogen-bond acceptors (Lipinski definition) is 3. The van der Waals surface area contributed by atoms with Crippen LogP contribution in [0.25, 0.3) is 0 Å². The van der Waals surface area contributed by atoms with Crippen molar-refractivity contribution in [3.8, 4) is 0 Å². The monoisotopic (exact) mass is 484 g/mol. The van der Waals surface area contributed by atoms with Crippen LogP contribution in [0.2, 0.25) is 10.0 Å². The standard InChI is InChI=1S/C25H22Cl2N2O2S/c1-15-5-2-6-16(13-15)29-32(30,31)17-11-12-23-20(14-17)18-7-3-8-19(18)25(28-23)24-21(26)9-4-10-22(24)27/h2-7,9-14,18-19,25,28-29H,8H2,1H3/t18-,19+,25-/m0/s1. The Bertz CT molecular complexity index is 1320. The third kappa shape index (κ3) is 3.79. The number of fused-ring (bicyclic) bond motifs is 3. The lowest BCUT2D eigenvalue weighted by Gasteiger charge is -2.38. The van der Waals surface area contributed by atoms with E-state index in [0.717, 1.165) is 28.8 Å². The average molecular weight is 485 g/mol. The third-order valence-corrected chi connectivity index (χ3v) is 8.26. The van der Waals surface area contributed by atoms with Gasteiger partial charge in [-0.15, -0.1) is 0 Å². The molecular weight excluding hydrogens is 463 g/mol. The molecule has 164 valence electrons. The average Bonchev–Trinajstić information content (AvgIpc) is 3.23. The molecule has 1 aliphatic heterocycles. The molecule has 0 unspecified atom stereocenters. The number of halogens is 2. The summed E-state index contributed by atoms with van der Waals surface area (Å²) in [5.41, 5.74) is 4.29. The Kier molecular flexibility index (Phi) is 5.44. The second kappa shape index (κ2) is 8.14. The second-order valence-electron chi connectivity index (χ2n) is 8.33. The Morgan fingerprint density at radius 2 is 1.75 bits per heavy atom. The van der Waals surface area contributed by atoms with Crippen molar-refractivity contribution in [2.45, 2.75) is 30.2 Å². The molecule has 5 rings (SSSR count). The van der Waals surface area contributed by atoms with Gasteiger partial charge in [-0.1, -0.05) is 53.6 Å². The minimum atomic E-state index is -3.72. The molecule has 0 bridgehead atoms. The highest BCUT2D eigenvalue weighted by Gasteiger charge is 2.40. The van der Waals surface area contributed by atoms with E-state index in [1.807, 2.05) is 49.4 Å². The number of sulfonamides is 1. The fraction of sp³-hybridized carbons (Fsp3) is 0.200. The third-order valence-electron chi connectivity index (χ3n) is 6.23. The molecule has 0 aromatic heterocycles. The Balaban J connectivity index is 1.52. The van der Waals surface area contributed by atoms with E-state index in [4.69, 9.17) is 23.2 Å². The van der Waals surface area contributed by atoms with Gasteiger partial charge in [-0.3, -0.25) is 4.72 Å². The maximum absolute atomic E-state index is 13.1. The van der Waals surface area contributed by atoms with Crippen LogP contribution in [0.15, 0.2) is 77.7 Å². The molecule has 2 N–H and O–H groups in total. The molecule has 1 aliphatic carbocycles. The number of aryl methyl sites for hydroxylation is 1. The summed E-state index contributed by atoms with van der Waals surface area (Å²) in [6.45, 7) is 1.93. The van der Waals surface area contributed by atoms with Gasteiger partial charge in [-0.2, -0.15) is 0 Å². The van der Waals surface area contributed by atoms with Crippen LogP contribution in [-0.4, -0.2) is 8.42 Å². The molecule has 32 heavy (non-hydrogen) atoms. The van der Waals surface area contributed by atoms with Crippen molar-refractivity contribution in [2.75, 3.05) is 10.0 Å². The maximum atomic E-state index is 13.1. The lowest BCUT2D eigenvalue weighted by atomic mass is 9.77. The van der Waals surface area contributed by atoms with Gasteiger partial charge < -0.3 is 5.32 Å². The Morgan fingerprint density at radius 3 is 2.50 bits per heavy atom. The second-order valence-corrected chi connectivity index (χ2v) is 10.8. The summed E-state index contributed by atoms with van der Waals surface area (Å²) in [7, 11) is -3.72. The zero-order valence-corrected chi connectivity index (χ0v) is 19.7. The first kappa shape index (κ1) is 21.4. The highest BCUT2D eigenvalue weighted by molar-refractivity contribution is 7.92. The lowest BCUT2D eigenvalue weighted by Crippen LogP contribution is -2.29. The first-order chi connectivity index (χ1) is 15.3. The molecule has 0 saturated heterocycles. The van der Waals surface area contributed by atoms with Crippen LogP contribution in [0, 0.1) is 12.8 Å². The maximum Gasteiger partial charge on any atom is 0.261 e. The van der Waals surface area contributed by atoms with Crippen molar-refractivity contribution in [1.82, 2.24) is 0 Å². The Morgan fingerprint density at radius 1 is 1.00 bits per heavy atom. The van der Waals surface area contributed by atoms with Gasteiger partial charge in [-0.05, 0) is 72.9 Å². The molecule has 0 amide bonds. The molecule has 3 aromatic rings. The molecule has 1 heterocycles. The van der Waals surface area contributed by atoms with Gasteiger partial charge >= 0.3 is 0 Å². The number of rotatable bonds is 4. The molecule has 0 radical (unpaired) electrons. The van der Waals surface area contributed by atoms with Crippen molar-refractivity contribution in [3.63, 3.8) is 0 Å². The van der Waals surface area contributed by atoms with E-state index in [0.29, 0.717) is 15.7 Å². The van der Waals surface area contributed by atoms with E-state index in [2.05, 4.69) is 22.2 Å². The first-order valence-electron chi connectivity index (χ1n) is 10.4. The summed E-state index contributed by atoms with van der Waals surface area (Å²) in [6, 6.07) is 18.0. The van der Waals surface area contributed by atoms with Crippen LogP contribution >= 0.6 is 23.2 Å². The quantitative estimate of drug-likeness (QED) is 0.394. The summed E-state index contributed by atoms with van der Waals surface area (Å²) >= 11 is 13.0. The Hall–Kier alpha value is -2.47. The van der Waals surface area contributed by atoms with Crippen molar-refractivity contribution in [2.24, 2.45) is 5.92 Å². The van der Waals surface area contributed by atoms with Crippen LogP contribution in [0.1, 0.15) is 35.1 Å². The van der Waals surface area contributed by atoms with E-state index < -0.39 is 10.0 Å². The van der Waals surface area contributed by atoms with Gasteiger partial charge in [0, 0.05) is 32.9 Å². The van der Waals surface area contributed by atoms with Crippen LogP contribution < -0.4 is 10.0 Å². The summed E-state index contributed by atoms with van der Waals surface area (Å²) in [5.74, 6) is 0.278. The van der Waals surface area contributed by atoms with Gasteiger partial charge in [0.05, 0.1) is 10.9 Å². The van der Waals surface area contributed by atoms with Crippen LogP contribution in [0.5, 0.6) is 0 Å². The number of benzene rings is 3. The van der Waals surface area contributed by atoms with Crippen molar-refractivity contribution < 1.29 is 8.42 Å². The molecule has 0 saturated carbocycles.